The van der Waals surface area contributed by atoms with Gasteiger partial charge in [0, 0.05) is 6.42 Å². The summed E-state index contributed by atoms with van der Waals surface area (Å²) in [5.74, 6) is 0.102. The smallest absolute Gasteiger partial charge is 0.257 e. The van der Waals surface area contributed by atoms with E-state index in [1.807, 2.05) is 0 Å². The predicted molar refractivity (Wildman–Crippen MR) is 109 cm³/mol. The number of benzene rings is 2. The highest BCUT2D eigenvalue weighted by atomic mass is 16.2. The molecule has 2 heterocycles. The number of hydrogen-bond acceptors (Lipinski definition) is 3. The van der Waals surface area contributed by atoms with Gasteiger partial charge >= 0.3 is 0 Å². The maximum absolute atomic E-state index is 13.1. The van der Waals surface area contributed by atoms with Crippen molar-refractivity contribution in [2.45, 2.75) is 39.2 Å². The Morgan fingerprint density at radius 2 is 1.78 bits per heavy atom. The molecule has 4 nitrogen and oxygen atoms in total. The third-order valence-corrected chi connectivity index (χ3v) is 5.54. The highest BCUT2D eigenvalue weighted by molar-refractivity contribution is 6.03. The summed E-state index contributed by atoms with van der Waals surface area (Å²) < 4.78 is 0. The van der Waals surface area contributed by atoms with Crippen LogP contribution in [0.4, 0.5) is 0 Å². The summed E-state index contributed by atoms with van der Waals surface area (Å²) in [6.45, 7) is 6.68. The van der Waals surface area contributed by atoms with Crippen molar-refractivity contribution in [3.63, 3.8) is 0 Å². The molecule has 2 aromatic rings. The molecule has 0 N–H and O–H groups in total. The molecule has 0 spiro atoms. The van der Waals surface area contributed by atoms with Crippen molar-refractivity contribution < 1.29 is 4.79 Å². The number of carbonyl (C=O) groups excluding carboxylic acids is 1. The van der Waals surface area contributed by atoms with Crippen LogP contribution < -0.4 is 0 Å². The lowest BCUT2D eigenvalue weighted by Gasteiger charge is -2.24. The van der Waals surface area contributed by atoms with Gasteiger partial charge in [-0.05, 0) is 50.9 Å². The van der Waals surface area contributed by atoms with Crippen LogP contribution in [0.5, 0.6) is 0 Å². The topological polar surface area (TPSA) is 35.9 Å². The van der Waals surface area contributed by atoms with E-state index in [-0.39, 0.29) is 11.9 Å². The summed E-state index contributed by atoms with van der Waals surface area (Å²) in [6, 6.07) is 16.9. The van der Waals surface area contributed by atoms with E-state index in [2.05, 4.69) is 67.3 Å². The molecule has 27 heavy (non-hydrogen) atoms. The molecule has 4 rings (SSSR count). The Labute approximate surface area is 161 Å². The first-order valence-corrected chi connectivity index (χ1v) is 9.85. The van der Waals surface area contributed by atoms with E-state index in [0.29, 0.717) is 6.54 Å². The first kappa shape index (κ1) is 17.9. The van der Waals surface area contributed by atoms with Crippen molar-refractivity contribution in [3.8, 4) is 0 Å². The lowest BCUT2D eigenvalue weighted by atomic mass is 9.97. The van der Waals surface area contributed by atoms with Gasteiger partial charge in [-0.2, -0.15) is 5.10 Å². The molecule has 1 atom stereocenters. The van der Waals surface area contributed by atoms with Crippen molar-refractivity contribution in [2.75, 3.05) is 19.6 Å². The summed E-state index contributed by atoms with van der Waals surface area (Å²) in [5.41, 5.74) is 5.71. The second-order valence-electron chi connectivity index (χ2n) is 7.77. The normalized spacial score (nSPS) is 20.1. The van der Waals surface area contributed by atoms with E-state index in [1.54, 1.807) is 5.01 Å². The SMILES string of the molecule is Cc1ccc([C@H]2CC(c3cccc(C)c3)=NN2C(=O)CN2CCCC2)cc1. The van der Waals surface area contributed by atoms with Gasteiger partial charge in [0.2, 0.25) is 0 Å². The molecule has 0 unspecified atom stereocenters. The van der Waals surface area contributed by atoms with E-state index in [9.17, 15) is 4.79 Å². The molecule has 1 saturated heterocycles. The third-order valence-electron chi connectivity index (χ3n) is 5.54. The molecule has 1 amide bonds. The number of nitrogens with zero attached hydrogens (tertiary/aromatic N) is 3. The van der Waals surface area contributed by atoms with Crippen molar-refractivity contribution in [1.82, 2.24) is 9.91 Å². The molecule has 0 radical (unpaired) electrons. The Bertz CT molecular complexity index is 850. The second kappa shape index (κ2) is 7.65. The lowest BCUT2D eigenvalue weighted by molar-refractivity contribution is -0.134. The average molecular weight is 361 g/mol. The molecular formula is C23H27N3O. The van der Waals surface area contributed by atoms with Gasteiger partial charge in [0.15, 0.2) is 0 Å². The Balaban J connectivity index is 1.62. The van der Waals surface area contributed by atoms with Crippen LogP contribution in [0, 0.1) is 13.8 Å². The van der Waals surface area contributed by atoms with Gasteiger partial charge in [-0.3, -0.25) is 9.69 Å². The average Bonchev–Trinajstić information content (AvgIpc) is 3.32. The van der Waals surface area contributed by atoms with E-state index >= 15 is 0 Å². The standard InChI is InChI=1S/C23H27N3O/c1-17-8-10-19(11-9-17)22-15-21(20-7-5-6-18(2)14-20)24-26(22)23(27)16-25-12-3-4-13-25/h5-11,14,22H,3-4,12-13,15-16H2,1-2H3/t22-/m1/s1. The molecule has 1 fully saturated rings. The van der Waals surface area contributed by atoms with Crippen molar-refractivity contribution >= 4 is 11.6 Å². The van der Waals surface area contributed by atoms with Crippen LogP contribution in [-0.4, -0.2) is 41.2 Å². The van der Waals surface area contributed by atoms with Crippen molar-refractivity contribution in [1.29, 1.82) is 0 Å². The summed E-state index contributed by atoms with van der Waals surface area (Å²) >= 11 is 0. The zero-order valence-electron chi connectivity index (χ0n) is 16.2. The van der Waals surface area contributed by atoms with Crippen LogP contribution in [0.1, 0.15) is 47.6 Å². The maximum Gasteiger partial charge on any atom is 0.257 e. The van der Waals surface area contributed by atoms with Gasteiger partial charge in [-0.25, -0.2) is 5.01 Å². The zero-order chi connectivity index (χ0) is 18.8. The molecule has 0 aromatic heterocycles. The largest absolute Gasteiger partial charge is 0.294 e. The Morgan fingerprint density at radius 3 is 2.48 bits per heavy atom. The van der Waals surface area contributed by atoms with E-state index < -0.39 is 0 Å². The van der Waals surface area contributed by atoms with E-state index in [4.69, 9.17) is 5.10 Å². The van der Waals surface area contributed by atoms with E-state index in [1.165, 1.54) is 24.0 Å². The van der Waals surface area contributed by atoms with Gasteiger partial charge < -0.3 is 0 Å². The molecule has 0 bridgehead atoms. The van der Waals surface area contributed by atoms with Crippen LogP contribution in [0.15, 0.2) is 53.6 Å². The number of rotatable bonds is 4. The number of amides is 1. The van der Waals surface area contributed by atoms with Crippen LogP contribution in [0.25, 0.3) is 0 Å². The summed E-state index contributed by atoms with van der Waals surface area (Å²) in [4.78, 5) is 15.3. The molecule has 2 aliphatic rings. The number of aryl methyl sites for hydroxylation is 2. The van der Waals surface area contributed by atoms with Crippen molar-refractivity contribution in [2.24, 2.45) is 5.10 Å². The third kappa shape index (κ3) is 3.96. The van der Waals surface area contributed by atoms with Gasteiger partial charge in [0.1, 0.15) is 0 Å². The number of hydrogen-bond donors (Lipinski definition) is 0. The summed E-state index contributed by atoms with van der Waals surface area (Å²) in [7, 11) is 0. The fourth-order valence-electron chi connectivity index (χ4n) is 3.99. The predicted octanol–water partition coefficient (Wildman–Crippen LogP) is 4.08. The fraction of sp³-hybridized carbons (Fsp3) is 0.391. The Kier molecular flexibility index (Phi) is 5.08. The maximum atomic E-state index is 13.1. The lowest BCUT2D eigenvalue weighted by Crippen LogP contribution is -2.36. The van der Waals surface area contributed by atoms with Crippen molar-refractivity contribution in [3.05, 3.63) is 70.8 Å². The van der Waals surface area contributed by atoms with Gasteiger partial charge in [-0.15, -0.1) is 0 Å². The monoisotopic (exact) mass is 361 g/mol. The van der Waals surface area contributed by atoms with Crippen LogP contribution in [0.2, 0.25) is 0 Å². The zero-order valence-corrected chi connectivity index (χ0v) is 16.2. The minimum Gasteiger partial charge on any atom is -0.294 e. The molecule has 4 heteroatoms. The van der Waals surface area contributed by atoms with Crippen LogP contribution in [0.3, 0.4) is 0 Å². The number of carbonyl (C=O) groups is 1. The first-order chi connectivity index (χ1) is 13.1. The molecule has 2 aliphatic heterocycles. The minimum absolute atomic E-state index is 0.0174. The molecule has 0 saturated carbocycles. The number of likely N-dealkylation sites (tertiary alicyclic amines) is 1. The highest BCUT2D eigenvalue weighted by Gasteiger charge is 2.33. The Morgan fingerprint density at radius 1 is 1.04 bits per heavy atom. The minimum atomic E-state index is -0.0174. The van der Waals surface area contributed by atoms with Crippen LogP contribution >= 0.6 is 0 Å². The molecule has 0 aliphatic carbocycles. The summed E-state index contributed by atoms with van der Waals surface area (Å²) in [5, 5.41) is 6.53. The highest BCUT2D eigenvalue weighted by Crippen LogP contribution is 2.33. The quantitative estimate of drug-likeness (QED) is 0.823. The first-order valence-electron chi connectivity index (χ1n) is 9.85. The number of hydrazone groups is 1. The summed E-state index contributed by atoms with van der Waals surface area (Å²) in [6.07, 6.45) is 3.14. The molecular weight excluding hydrogens is 334 g/mol. The molecule has 2 aromatic carbocycles. The van der Waals surface area contributed by atoms with E-state index in [0.717, 1.165) is 36.3 Å². The van der Waals surface area contributed by atoms with Gasteiger partial charge in [-0.1, -0.05) is 59.7 Å². The fourth-order valence-corrected chi connectivity index (χ4v) is 3.99. The van der Waals surface area contributed by atoms with Gasteiger partial charge in [0.25, 0.3) is 5.91 Å². The Hall–Kier alpha value is -2.46. The van der Waals surface area contributed by atoms with Crippen LogP contribution in [-0.2, 0) is 4.79 Å². The molecule has 140 valence electrons. The van der Waals surface area contributed by atoms with Gasteiger partial charge in [0.05, 0.1) is 18.3 Å². The second-order valence-corrected chi connectivity index (χ2v) is 7.77.